The minimum Gasteiger partial charge on any atom is -0.394 e. The summed E-state index contributed by atoms with van der Waals surface area (Å²) in [7, 11) is 1.53. The van der Waals surface area contributed by atoms with Crippen LogP contribution in [0.25, 0.3) is 0 Å². The molecule has 1 aromatic carbocycles. The van der Waals surface area contributed by atoms with E-state index in [1.54, 1.807) is 31.2 Å². The lowest BCUT2D eigenvalue weighted by molar-refractivity contribution is -0.148. The van der Waals surface area contributed by atoms with E-state index < -0.39 is 41.0 Å². The van der Waals surface area contributed by atoms with E-state index >= 15 is 0 Å². The Balaban J connectivity index is 1.81. The Morgan fingerprint density at radius 3 is 2.65 bits per heavy atom. The second-order valence-corrected chi connectivity index (χ2v) is 9.47. The van der Waals surface area contributed by atoms with Crippen LogP contribution in [0.2, 0.25) is 5.02 Å². The summed E-state index contributed by atoms with van der Waals surface area (Å²) in [4.78, 5) is 41.5. The van der Waals surface area contributed by atoms with Crippen LogP contribution in [0.3, 0.4) is 0 Å². The number of anilines is 1. The minimum absolute atomic E-state index is 0.0427. The lowest BCUT2D eigenvalue weighted by Crippen LogP contribution is -2.56. The number of likely N-dealkylation sites (tertiary alicyclic amines) is 1. The summed E-state index contributed by atoms with van der Waals surface area (Å²) in [5, 5.41) is 15.7. The SMILES string of the molecule is CNC(=O)[C@@H]1[C@H]2C(=O)N([C@H](C)CO)C(C(=O)Nc3ccccc3Cl)C23CC(C)[C@@]1(C)O3. The molecule has 0 saturated carbocycles. The van der Waals surface area contributed by atoms with E-state index in [1.807, 2.05) is 13.8 Å². The van der Waals surface area contributed by atoms with Crippen LogP contribution in [0.5, 0.6) is 0 Å². The molecule has 7 atom stereocenters. The highest BCUT2D eigenvalue weighted by Gasteiger charge is 2.80. The lowest BCUT2D eigenvalue weighted by Gasteiger charge is -2.36. The Kier molecular flexibility index (Phi) is 5.31. The molecule has 8 nitrogen and oxygen atoms in total. The molecule has 3 amide bonds. The Labute approximate surface area is 186 Å². The molecule has 3 aliphatic heterocycles. The number of hydrogen-bond acceptors (Lipinski definition) is 5. The van der Waals surface area contributed by atoms with Crippen LogP contribution >= 0.6 is 11.6 Å². The van der Waals surface area contributed by atoms with E-state index in [2.05, 4.69) is 10.6 Å². The molecule has 31 heavy (non-hydrogen) atoms. The number of para-hydroxylation sites is 1. The molecule has 3 aliphatic rings. The molecule has 3 heterocycles. The summed E-state index contributed by atoms with van der Waals surface area (Å²) < 4.78 is 6.52. The number of nitrogens with zero attached hydrogens (tertiary/aromatic N) is 1. The fourth-order valence-corrected chi connectivity index (χ4v) is 6.04. The van der Waals surface area contributed by atoms with Gasteiger partial charge in [-0.3, -0.25) is 14.4 Å². The number of ether oxygens (including phenoxy) is 1. The topological polar surface area (TPSA) is 108 Å². The van der Waals surface area contributed by atoms with Crippen molar-refractivity contribution in [3.05, 3.63) is 29.3 Å². The maximum Gasteiger partial charge on any atom is 0.250 e. The van der Waals surface area contributed by atoms with Crippen LogP contribution in [0.1, 0.15) is 27.2 Å². The number of nitrogens with one attached hydrogen (secondary N) is 2. The van der Waals surface area contributed by atoms with Gasteiger partial charge < -0.3 is 25.4 Å². The zero-order valence-electron chi connectivity index (χ0n) is 18.0. The molecule has 0 radical (unpaired) electrons. The molecule has 4 rings (SSSR count). The van der Waals surface area contributed by atoms with E-state index in [-0.39, 0.29) is 24.3 Å². The predicted octanol–water partition coefficient (Wildman–Crippen LogP) is 1.42. The van der Waals surface area contributed by atoms with Crippen LogP contribution in [-0.2, 0) is 19.1 Å². The van der Waals surface area contributed by atoms with Crippen LogP contribution in [-0.4, -0.2) is 64.7 Å². The third-order valence-electron chi connectivity index (χ3n) is 7.40. The number of carbonyl (C=O) groups excluding carboxylic acids is 3. The number of aliphatic hydroxyl groups excluding tert-OH is 1. The minimum atomic E-state index is -1.16. The average molecular weight is 450 g/mol. The maximum atomic E-state index is 13.6. The highest BCUT2D eigenvalue weighted by molar-refractivity contribution is 6.33. The van der Waals surface area contributed by atoms with Gasteiger partial charge in [-0.25, -0.2) is 0 Å². The summed E-state index contributed by atoms with van der Waals surface area (Å²) in [6.07, 6.45) is 0.461. The molecule has 3 unspecified atom stereocenters. The first kappa shape index (κ1) is 22.0. The van der Waals surface area contributed by atoms with Gasteiger partial charge in [0.15, 0.2) is 0 Å². The number of benzene rings is 1. The van der Waals surface area contributed by atoms with Crippen LogP contribution in [0.4, 0.5) is 5.69 Å². The van der Waals surface area contributed by atoms with Crippen molar-refractivity contribution in [3.8, 4) is 0 Å². The zero-order valence-corrected chi connectivity index (χ0v) is 18.8. The molecular formula is C22H28ClN3O5. The van der Waals surface area contributed by atoms with Crippen molar-refractivity contribution in [3.63, 3.8) is 0 Å². The fraction of sp³-hybridized carbons (Fsp3) is 0.591. The van der Waals surface area contributed by atoms with Crippen molar-refractivity contribution >= 4 is 35.0 Å². The van der Waals surface area contributed by atoms with Gasteiger partial charge in [-0.2, -0.15) is 0 Å². The molecule has 0 aromatic heterocycles. The third-order valence-corrected chi connectivity index (χ3v) is 7.73. The first-order valence-electron chi connectivity index (χ1n) is 10.5. The van der Waals surface area contributed by atoms with Crippen molar-refractivity contribution < 1.29 is 24.2 Å². The van der Waals surface area contributed by atoms with Crippen molar-refractivity contribution in [1.29, 1.82) is 0 Å². The number of carbonyl (C=O) groups is 3. The van der Waals surface area contributed by atoms with Gasteiger partial charge in [0.05, 0.1) is 40.8 Å². The monoisotopic (exact) mass is 449 g/mol. The molecule has 1 spiro atoms. The average Bonchev–Trinajstić information content (AvgIpc) is 3.25. The van der Waals surface area contributed by atoms with Crippen molar-refractivity contribution in [2.24, 2.45) is 17.8 Å². The van der Waals surface area contributed by atoms with Crippen LogP contribution in [0, 0.1) is 17.8 Å². The van der Waals surface area contributed by atoms with Crippen molar-refractivity contribution in [2.75, 3.05) is 19.0 Å². The Bertz CT molecular complexity index is 941. The van der Waals surface area contributed by atoms with Gasteiger partial charge in [-0.15, -0.1) is 0 Å². The third kappa shape index (κ3) is 2.92. The molecule has 3 saturated heterocycles. The summed E-state index contributed by atoms with van der Waals surface area (Å²) >= 11 is 6.23. The normalized spacial score (nSPS) is 37.0. The molecule has 2 bridgehead atoms. The second kappa shape index (κ2) is 7.46. The molecule has 9 heteroatoms. The first-order valence-corrected chi connectivity index (χ1v) is 10.9. The smallest absolute Gasteiger partial charge is 0.250 e. The number of rotatable bonds is 5. The number of hydrogen-bond donors (Lipinski definition) is 3. The van der Waals surface area contributed by atoms with Crippen molar-refractivity contribution in [1.82, 2.24) is 10.2 Å². The van der Waals surface area contributed by atoms with E-state index in [1.165, 1.54) is 11.9 Å². The molecular weight excluding hydrogens is 422 g/mol. The number of halogens is 1. The summed E-state index contributed by atoms with van der Waals surface area (Å²) in [6.45, 7) is 5.19. The standard InChI is InChI=1S/C22H28ClN3O5/c1-11-9-22-16(15(18(28)24-4)21(11,3)31-22)20(30)26(12(2)10-27)17(22)19(29)25-14-8-6-5-7-13(14)23/h5-8,11-12,15-17,27H,9-10H2,1-4H3,(H,24,28)(H,25,29)/t11?,12-,15+,16+,17?,21-,22?/m1/s1. The number of amides is 3. The Morgan fingerprint density at radius 2 is 2.03 bits per heavy atom. The fourth-order valence-electron chi connectivity index (χ4n) is 5.86. The Morgan fingerprint density at radius 1 is 1.35 bits per heavy atom. The predicted molar refractivity (Wildman–Crippen MR) is 114 cm³/mol. The highest BCUT2D eigenvalue weighted by atomic mass is 35.5. The van der Waals surface area contributed by atoms with E-state index in [0.29, 0.717) is 17.1 Å². The van der Waals surface area contributed by atoms with E-state index in [4.69, 9.17) is 16.3 Å². The Hall–Kier alpha value is -2.16. The van der Waals surface area contributed by atoms with E-state index in [0.717, 1.165) is 0 Å². The van der Waals surface area contributed by atoms with Gasteiger partial charge >= 0.3 is 0 Å². The van der Waals surface area contributed by atoms with Crippen LogP contribution < -0.4 is 10.6 Å². The summed E-state index contributed by atoms with van der Waals surface area (Å²) in [5.41, 5.74) is -1.59. The van der Waals surface area contributed by atoms with Gasteiger partial charge in [0.2, 0.25) is 17.7 Å². The van der Waals surface area contributed by atoms with Gasteiger partial charge in [0.1, 0.15) is 11.6 Å². The zero-order chi connectivity index (χ0) is 22.7. The summed E-state index contributed by atoms with van der Waals surface area (Å²) in [6, 6.07) is 5.22. The summed E-state index contributed by atoms with van der Waals surface area (Å²) in [5.74, 6) is -2.63. The largest absolute Gasteiger partial charge is 0.394 e. The second-order valence-electron chi connectivity index (χ2n) is 9.06. The van der Waals surface area contributed by atoms with Gasteiger partial charge in [-0.05, 0) is 38.3 Å². The number of aliphatic hydroxyl groups is 1. The molecule has 1 aromatic rings. The van der Waals surface area contributed by atoms with E-state index in [9.17, 15) is 19.5 Å². The molecule has 3 fully saturated rings. The van der Waals surface area contributed by atoms with Gasteiger partial charge in [-0.1, -0.05) is 30.7 Å². The molecule has 0 aliphatic carbocycles. The van der Waals surface area contributed by atoms with Gasteiger partial charge in [0, 0.05) is 7.05 Å². The quantitative estimate of drug-likeness (QED) is 0.630. The first-order chi connectivity index (χ1) is 14.6. The lowest BCUT2D eigenvalue weighted by atomic mass is 9.62. The maximum absolute atomic E-state index is 13.6. The molecule has 168 valence electrons. The molecule has 3 N–H and O–H groups in total. The number of fused-ring (bicyclic) bond motifs is 1. The van der Waals surface area contributed by atoms with Gasteiger partial charge in [0.25, 0.3) is 0 Å². The highest BCUT2D eigenvalue weighted by Crippen LogP contribution is 2.65. The van der Waals surface area contributed by atoms with Crippen LogP contribution in [0.15, 0.2) is 24.3 Å². The van der Waals surface area contributed by atoms with Crippen molar-refractivity contribution in [2.45, 2.75) is 50.5 Å².